The van der Waals surface area contributed by atoms with E-state index < -0.39 is 0 Å². The van der Waals surface area contributed by atoms with E-state index in [1.165, 1.54) is 12.8 Å². The van der Waals surface area contributed by atoms with E-state index in [4.69, 9.17) is 10.6 Å². The van der Waals surface area contributed by atoms with Crippen molar-refractivity contribution in [2.45, 2.75) is 38.4 Å². The van der Waals surface area contributed by atoms with E-state index in [0.29, 0.717) is 24.4 Å². The van der Waals surface area contributed by atoms with Gasteiger partial charge in [-0.2, -0.15) is 0 Å². The second kappa shape index (κ2) is 5.17. The predicted octanol–water partition coefficient (Wildman–Crippen LogP) is 2.44. The smallest absolute Gasteiger partial charge is 0.158 e. The molecule has 3 N–H and O–H groups in total. The van der Waals surface area contributed by atoms with Crippen molar-refractivity contribution in [1.82, 2.24) is 9.97 Å². The normalized spacial score (nSPS) is 16.5. The van der Waals surface area contributed by atoms with Crippen LogP contribution < -0.4 is 11.3 Å². The number of hydrogen-bond donors (Lipinski definition) is 2. The number of nitrogens with two attached hydrogens (primary N) is 1. The minimum Gasteiger partial charge on any atom is -0.370 e. The van der Waals surface area contributed by atoms with Crippen LogP contribution in [0.15, 0.2) is 11.4 Å². The van der Waals surface area contributed by atoms with E-state index in [2.05, 4.69) is 15.4 Å². The molecule has 2 aromatic rings. The molecule has 5 nitrogen and oxygen atoms in total. The second-order valence-electron chi connectivity index (χ2n) is 4.49. The van der Waals surface area contributed by atoms with Gasteiger partial charge in [-0.1, -0.05) is 12.8 Å². The lowest BCUT2D eigenvalue weighted by Gasteiger charge is -2.10. The van der Waals surface area contributed by atoms with E-state index in [-0.39, 0.29) is 0 Å². The minimum atomic E-state index is 0.377. The van der Waals surface area contributed by atoms with Gasteiger partial charge in [0.25, 0.3) is 0 Å². The number of rotatable bonds is 4. The van der Waals surface area contributed by atoms with Crippen molar-refractivity contribution in [1.29, 1.82) is 0 Å². The highest BCUT2D eigenvalue weighted by Crippen LogP contribution is 2.25. The molecule has 18 heavy (non-hydrogen) atoms. The van der Waals surface area contributed by atoms with Crippen LogP contribution in [0.2, 0.25) is 0 Å². The molecule has 0 unspecified atom stereocenters. The summed E-state index contributed by atoms with van der Waals surface area (Å²) in [7, 11) is 0. The molecular weight excluding hydrogens is 248 g/mol. The van der Waals surface area contributed by atoms with Crippen molar-refractivity contribution in [2.75, 3.05) is 5.43 Å². The molecule has 2 aromatic heterocycles. The fourth-order valence-corrected chi connectivity index (χ4v) is 3.10. The van der Waals surface area contributed by atoms with Gasteiger partial charge in [0.2, 0.25) is 0 Å². The largest absolute Gasteiger partial charge is 0.370 e. The molecule has 0 spiro atoms. The number of hydrazine groups is 1. The van der Waals surface area contributed by atoms with Crippen LogP contribution in [0.25, 0.3) is 10.2 Å². The van der Waals surface area contributed by atoms with Crippen molar-refractivity contribution in [3.63, 3.8) is 0 Å². The lowest BCUT2D eigenvalue weighted by Crippen LogP contribution is -2.13. The number of aromatic nitrogens is 2. The Morgan fingerprint density at radius 1 is 1.39 bits per heavy atom. The molecule has 0 aromatic carbocycles. The van der Waals surface area contributed by atoms with Crippen molar-refractivity contribution < 1.29 is 4.74 Å². The molecule has 0 atom stereocenters. The average Bonchev–Trinajstić information content (AvgIpc) is 3.06. The SMILES string of the molecule is NNc1nc(COC2CCCC2)nc2sccc12. The van der Waals surface area contributed by atoms with Crippen LogP contribution >= 0.6 is 11.3 Å². The van der Waals surface area contributed by atoms with Gasteiger partial charge in [-0.05, 0) is 24.3 Å². The van der Waals surface area contributed by atoms with Gasteiger partial charge in [0, 0.05) is 0 Å². The van der Waals surface area contributed by atoms with Crippen LogP contribution in [-0.2, 0) is 11.3 Å². The number of anilines is 1. The molecule has 0 aliphatic heterocycles. The zero-order valence-corrected chi connectivity index (χ0v) is 10.9. The Balaban J connectivity index is 1.78. The Bertz CT molecular complexity index is 536. The number of hydrogen-bond acceptors (Lipinski definition) is 6. The number of nitrogens with one attached hydrogen (secondary N) is 1. The Kier molecular flexibility index (Phi) is 3.40. The fourth-order valence-electron chi connectivity index (χ4n) is 2.32. The predicted molar refractivity (Wildman–Crippen MR) is 72.3 cm³/mol. The zero-order chi connectivity index (χ0) is 12.4. The Morgan fingerprint density at radius 3 is 3.00 bits per heavy atom. The van der Waals surface area contributed by atoms with Crippen molar-refractivity contribution in [3.05, 3.63) is 17.3 Å². The number of nitrogen functional groups attached to an aromatic ring is 1. The van der Waals surface area contributed by atoms with Crippen LogP contribution in [0.4, 0.5) is 5.82 Å². The molecule has 1 saturated carbocycles. The van der Waals surface area contributed by atoms with E-state index in [0.717, 1.165) is 23.1 Å². The van der Waals surface area contributed by atoms with Gasteiger partial charge in [-0.3, -0.25) is 0 Å². The maximum Gasteiger partial charge on any atom is 0.158 e. The van der Waals surface area contributed by atoms with Crippen LogP contribution in [-0.4, -0.2) is 16.1 Å². The molecule has 2 heterocycles. The number of ether oxygens (including phenoxy) is 1. The Labute approximate surface area is 109 Å². The number of thiophene rings is 1. The summed E-state index contributed by atoms with van der Waals surface area (Å²) in [4.78, 5) is 9.83. The molecule has 0 radical (unpaired) electrons. The molecule has 0 amide bonds. The van der Waals surface area contributed by atoms with Gasteiger partial charge in [-0.15, -0.1) is 11.3 Å². The van der Waals surface area contributed by atoms with Gasteiger partial charge in [0.1, 0.15) is 11.4 Å². The van der Waals surface area contributed by atoms with Gasteiger partial charge >= 0.3 is 0 Å². The van der Waals surface area contributed by atoms with Crippen molar-refractivity contribution >= 4 is 27.4 Å². The summed E-state index contributed by atoms with van der Waals surface area (Å²) in [6.45, 7) is 0.465. The highest BCUT2D eigenvalue weighted by Gasteiger charge is 2.16. The maximum absolute atomic E-state index is 5.83. The molecule has 96 valence electrons. The Hall–Kier alpha value is -1.24. The van der Waals surface area contributed by atoms with Gasteiger partial charge < -0.3 is 10.2 Å². The molecular formula is C12H16N4OS. The minimum absolute atomic E-state index is 0.377. The molecule has 6 heteroatoms. The van der Waals surface area contributed by atoms with Crippen LogP contribution in [0.5, 0.6) is 0 Å². The summed E-state index contributed by atoms with van der Waals surface area (Å²) in [5.74, 6) is 6.86. The first kappa shape index (κ1) is 11.8. The Morgan fingerprint density at radius 2 is 2.22 bits per heavy atom. The zero-order valence-electron chi connectivity index (χ0n) is 10.1. The first-order chi connectivity index (χ1) is 8.86. The van der Waals surface area contributed by atoms with Crippen LogP contribution in [0.3, 0.4) is 0 Å². The van der Waals surface area contributed by atoms with Crippen molar-refractivity contribution in [3.8, 4) is 0 Å². The summed E-state index contributed by atoms with van der Waals surface area (Å²) in [6.07, 6.45) is 5.23. The highest BCUT2D eigenvalue weighted by molar-refractivity contribution is 7.16. The third-order valence-electron chi connectivity index (χ3n) is 3.26. The molecule has 1 fully saturated rings. The maximum atomic E-state index is 5.83. The fraction of sp³-hybridized carbons (Fsp3) is 0.500. The third kappa shape index (κ3) is 2.31. The molecule has 0 bridgehead atoms. The van der Waals surface area contributed by atoms with Gasteiger partial charge in [-0.25, -0.2) is 15.8 Å². The first-order valence-electron chi connectivity index (χ1n) is 6.19. The standard InChI is InChI=1S/C12H16N4OS/c13-16-11-9-5-6-18-12(9)15-10(14-11)7-17-8-3-1-2-4-8/h5-6,8H,1-4,7,13H2,(H,14,15,16). The van der Waals surface area contributed by atoms with E-state index in [1.807, 2.05) is 11.4 Å². The lowest BCUT2D eigenvalue weighted by atomic mass is 10.3. The molecule has 1 aliphatic rings. The number of fused-ring (bicyclic) bond motifs is 1. The summed E-state index contributed by atoms with van der Waals surface area (Å²) in [6, 6.07) is 1.97. The first-order valence-corrected chi connectivity index (χ1v) is 7.07. The van der Waals surface area contributed by atoms with Gasteiger partial charge in [0.15, 0.2) is 11.6 Å². The number of nitrogens with zero attached hydrogens (tertiary/aromatic N) is 2. The van der Waals surface area contributed by atoms with E-state index >= 15 is 0 Å². The quantitative estimate of drug-likeness (QED) is 0.655. The topological polar surface area (TPSA) is 73.1 Å². The van der Waals surface area contributed by atoms with E-state index in [9.17, 15) is 0 Å². The molecule has 0 saturated heterocycles. The van der Waals surface area contributed by atoms with Crippen LogP contribution in [0.1, 0.15) is 31.5 Å². The molecule has 1 aliphatic carbocycles. The van der Waals surface area contributed by atoms with Gasteiger partial charge in [0.05, 0.1) is 11.5 Å². The lowest BCUT2D eigenvalue weighted by molar-refractivity contribution is 0.0419. The summed E-state index contributed by atoms with van der Waals surface area (Å²) in [5, 5.41) is 2.95. The van der Waals surface area contributed by atoms with Crippen molar-refractivity contribution in [2.24, 2.45) is 5.84 Å². The molecule has 3 rings (SSSR count). The highest BCUT2D eigenvalue weighted by atomic mass is 32.1. The monoisotopic (exact) mass is 264 g/mol. The van der Waals surface area contributed by atoms with Crippen LogP contribution in [0, 0.1) is 0 Å². The summed E-state index contributed by atoms with van der Waals surface area (Å²) < 4.78 is 5.83. The summed E-state index contributed by atoms with van der Waals surface area (Å²) in [5.41, 5.74) is 2.62. The third-order valence-corrected chi connectivity index (χ3v) is 4.07. The second-order valence-corrected chi connectivity index (χ2v) is 5.38. The summed E-state index contributed by atoms with van der Waals surface area (Å²) >= 11 is 1.59. The van der Waals surface area contributed by atoms with E-state index in [1.54, 1.807) is 11.3 Å². The average molecular weight is 264 g/mol.